The van der Waals surface area contributed by atoms with E-state index in [9.17, 15) is 4.39 Å². The van der Waals surface area contributed by atoms with Crippen molar-refractivity contribution in [3.8, 4) is 0 Å². The van der Waals surface area contributed by atoms with Gasteiger partial charge >= 0.3 is 0 Å². The van der Waals surface area contributed by atoms with Crippen LogP contribution in [-0.2, 0) is 12.4 Å². The van der Waals surface area contributed by atoms with Gasteiger partial charge in [0.05, 0.1) is 16.9 Å². The molecular formula is C15H20ClFN2. The number of unbranched alkanes of at least 4 members (excludes halogenated alkanes) is 4. The number of imidazole rings is 1. The van der Waals surface area contributed by atoms with Crippen molar-refractivity contribution >= 4 is 22.6 Å². The van der Waals surface area contributed by atoms with Crippen LogP contribution in [0.2, 0.25) is 0 Å². The standard InChI is InChI=1S/C15H20ClFN2/c1-2-3-4-5-6-9-19-14-8-7-12(17)10-13(14)18-15(19)11-16/h7-8,10H,2-6,9,11H2,1H3. The second-order valence-corrected chi connectivity index (χ2v) is 5.13. The van der Waals surface area contributed by atoms with Crippen molar-refractivity contribution < 1.29 is 4.39 Å². The quantitative estimate of drug-likeness (QED) is 0.522. The van der Waals surface area contributed by atoms with Crippen molar-refractivity contribution in [3.05, 3.63) is 29.8 Å². The molecule has 0 saturated carbocycles. The molecule has 0 aliphatic rings. The summed E-state index contributed by atoms with van der Waals surface area (Å²) >= 11 is 5.93. The Kier molecular flexibility index (Phi) is 5.20. The van der Waals surface area contributed by atoms with Gasteiger partial charge in [0.25, 0.3) is 0 Å². The third kappa shape index (κ3) is 3.47. The molecule has 19 heavy (non-hydrogen) atoms. The molecule has 0 radical (unpaired) electrons. The highest BCUT2D eigenvalue weighted by Gasteiger charge is 2.10. The minimum atomic E-state index is -0.249. The normalized spacial score (nSPS) is 11.3. The summed E-state index contributed by atoms with van der Waals surface area (Å²) in [5.41, 5.74) is 1.68. The summed E-state index contributed by atoms with van der Waals surface area (Å²) in [5.74, 6) is 0.949. The molecule has 0 aliphatic heterocycles. The lowest BCUT2D eigenvalue weighted by Crippen LogP contribution is -2.02. The number of fused-ring (bicyclic) bond motifs is 1. The van der Waals surface area contributed by atoms with E-state index in [4.69, 9.17) is 11.6 Å². The number of alkyl halides is 1. The Morgan fingerprint density at radius 1 is 1.21 bits per heavy atom. The summed E-state index contributed by atoms with van der Waals surface area (Å²) in [6.07, 6.45) is 6.15. The van der Waals surface area contributed by atoms with E-state index in [1.807, 2.05) is 0 Å². The maximum absolute atomic E-state index is 13.2. The summed E-state index contributed by atoms with van der Waals surface area (Å²) in [4.78, 5) is 4.40. The Morgan fingerprint density at radius 2 is 2.00 bits per heavy atom. The molecule has 0 atom stereocenters. The molecule has 104 valence electrons. The average Bonchev–Trinajstić information content (AvgIpc) is 2.75. The summed E-state index contributed by atoms with van der Waals surface area (Å²) in [6, 6.07) is 4.74. The topological polar surface area (TPSA) is 17.8 Å². The molecule has 0 bridgehead atoms. The summed E-state index contributed by atoms with van der Waals surface area (Å²) in [5, 5.41) is 0. The lowest BCUT2D eigenvalue weighted by Gasteiger charge is -2.07. The first-order valence-electron chi connectivity index (χ1n) is 6.97. The molecule has 0 amide bonds. The number of hydrogen-bond donors (Lipinski definition) is 0. The highest BCUT2D eigenvalue weighted by Crippen LogP contribution is 2.20. The van der Waals surface area contributed by atoms with Gasteiger partial charge in [0, 0.05) is 12.6 Å². The van der Waals surface area contributed by atoms with Gasteiger partial charge in [-0.15, -0.1) is 11.6 Å². The van der Waals surface area contributed by atoms with Gasteiger partial charge in [-0.3, -0.25) is 0 Å². The van der Waals surface area contributed by atoms with Crippen LogP contribution in [0, 0.1) is 5.82 Å². The molecule has 2 rings (SSSR count). The minimum absolute atomic E-state index is 0.249. The highest BCUT2D eigenvalue weighted by molar-refractivity contribution is 6.16. The first-order chi connectivity index (χ1) is 9.26. The maximum Gasteiger partial charge on any atom is 0.125 e. The zero-order valence-electron chi connectivity index (χ0n) is 11.3. The van der Waals surface area contributed by atoms with E-state index in [2.05, 4.69) is 16.5 Å². The van der Waals surface area contributed by atoms with Gasteiger partial charge in [0.2, 0.25) is 0 Å². The zero-order chi connectivity index (χ0) is 13.7. The van der Waals surface area contributed by atoms with E-state index in [1.165, 1.54) is 37.8 Å². The second kappa shape index (κ2) is 6.90. The first-order valence-corrected chi connectivity index (χ1v) is 7.50. The molecule has 0 N–H and O–H groups in total. The van der Waals surface area contributed by atoms with Gasteiger partial charge in [-0.05, 0) is 18.6 Å². The highest BCUT2D eigenvalue weighted by atomic mass is 35.5. The summed E-state index contributed by atoms with van der Waals surface area (Å²) in [6.45, 7) is 3.12. The van der Waals surface area contributed by atoms with Crippen molar-refractivity contribution in [2.24, 2.45) is 0 Å². The third-order valence-corrected chi connectivity index (χ3v) is 3.63. The van der Waals surface area contributed by atoms with E-state index in [0.717, 1.165) is 24.3 Å². The Balaban J connectivity index is 2.11. The largest absolute Gasteiger partial charge is 0.327 e. The van der Waals surface area contributed by atoms with Crippen LogP contribution >= 0.6 is 11.6 Å². The van der Waals surface area contributed by atoms with E-state index in [0.29, 0.717) is 11.4 Å². The monoisotopic (exact) mass is 282 g/mol. The van der Waals surface area contributed by atoms with Crippen LogP contribution in [0.5, 0.6) is 0 Å². The predicted octanol–water partition coefficient (Wildman–Crippen LogP) is 4.88. The molecule has 0 spiro atoms. The molecule has 1 aromatic heterocycles. The van der Waals surface area contributed by atoms with Gasteiger partial charge in [0.15, 0.2) is 0 Å². The maximum atomic E-state index is 13.2. The Labute approximate surface area is 118 Å². The fraction of sp³-hybridized carbons (Fsp3) is 0.533. The van der Waals surface area contributed by atoms with Crippen molar-refractivity contribution in [1.29, 1.82) is 0 Å². The average molecular weight is 283 g/mol. The van der Waals surface area contributed by atoms with Crippen LogP contribution in [0.1, 0.15) is 44.9 Å². The number of aromatic nitrogens is 2. The second-order valence-electron chi connectivity index (χ2n) is 4.86. The molecule has 1 heterocycles. The predicted molar refractivity (Wildman–Crippen MR) is 78.0 cm³/mol. The first kappa shape index (κ1) is 14.3. The molecule has 0 unspecified atom stereocenters. The van der Waals surface area contributed by atoms with Gasteiger partial charge in [-0.25, -0.2) is 9.37 Å². The van der Waals surface area contributed by atoms with Crippen LogP contribution in [0.15, 0.2) is 18.2 Å². The van der Waals surface area contributed by atoms with Gasteiger partial charge in [-0.1, -0.05) is 32.6 Å². The Hall–Kier alpha value is -1.09. The smallest absolute Gasteiger partial charge is 0.125 e. The minimum Gasteiger partial charge on any atom is -0.327 e. The summed E-state index contributed by atoms with van der Waals surface area (Å²) < 4.78 is 15.3. The van der Waals surface area contributed by atoms with E-state index < -0.39 is 0 Å². The lowest BCUT2D eigenvalue weighted by molar-refractivity contribution is 0.567. The molecule has 2 aromatic rings. The van der Waals surface area contributed by atoms with Crippen molar-refractivity contribution in [1.82, 2.24) is 9.55 Å². The number of halogens is 2. The number of benzene rings is 1. The molecule has 2 nitrogen and oxygen atoms in total. The number of aryl methyl sites for hydroxylation is 1. The van der Waals surface area contributed by atoms with E-state index in [-0.39, 0.29) is 5.82 Å². The van der Waals surface area contributed by atoms with Gasteiger partial charge < -0.3 is 4.57 Å². The van der Waals surface area contributed by atoms with E-state index >= 15 is 0 Å². The fourth-order valence-electron chi connectivity index (χ4n) is 2.38. The number of hydrogen-bond acceptors (Lipinski definition) is 1. The van der Waals surface area contributed by atoms with Crippen molar-refractivity contribution in [2.75, 3.05) is 0 Å². The van der Waals surface area contributed by atoms with Gasteiger partial charge in [-0.2, -0.15) is 0 Å². The fourth-order valence-corrected chi connectivity index (χ4v) is 2.58. The Morgan fingerprint density at radius 3 is 2.74 bits per heavy atom. The molecule has 4 heteroatoms. The Bertz CT molecular complexity index is 536. The number of nitrogens with zero attached hydrogens (tertiary/aromatic N) is 2. The van der Waals surface area contributed by atoms with Crippen molar-refractivity contribution in [2.45, 2.75) is 51.5 Å². The molecule has 0 saturated heterocycles. The molecular weight excluding hydrogens is 263 g/mol. The molecule has 0 fully saturated rings. The SMILES string of the molecule is CCCCCCCn1c(CCl)nc2cc(F)ccc21. The molecule has 0 aliphatic carbocycles. The van der Waals surface area contributed by atoms with Crippen LogP contribution in [-0.4, -0.2) is 9.55 Å². The van der Waals surface area contributed by atoms with Crippen LogP contribution < -0.4 is 0 Å². The van der Waals surface area contributed by atoms with Crippen LogP contribution in [0.3, 0.4) is 0 Å². The van der Waals surface area contributed by atoms with Crippen molar-refractivity contribution in [3.63, 3.8) is 0 Å². The van der Waals surface area contributed by atoms with Crippen LogP contribution in [0.4, 0.5) is 4.39 Å². The van der Waals surface area contributed by atoms with Crippen LogP contribution in [0.25, 0.3) is 11.0 Å². The molecule has 1 aromatic carbocycles. The van der Waals surface area contributed by atoms with E-state index in [1.54, 1.807) is 6.07 Å². The number of rotatable bonds is 7. The summed E-state index contributed by atoms with van der Waals surface area (Å²) in [7, 11) is 0. The van der Waals surface area contributed by atoms with Gasteiger partial charge in [0.1, 0.15) is 11.6 Å². The lowest BCUT2D eigenvalue weighted by atomic mass is 10.1. The zero-order valence-corrected chi connectivity index (χ0v) is 12.1. The third-order valence-electron chi connectivity index (χ3n) is 3.39.